The highest BCUT2D eigenvalue weighted by atomic mass is 19.2. The van der Waals surface area contributed by atoms with E-state index in [1.165, 1.54) is 0 Å². The average Bonchev–Trinajstić information content (AvgIpc) is 2.35. The van der Waals surface area contributed by atoms with Crippen LogP contribution in [0, 0.1) is 50.6 Å². The van der Waals surface area contributed by atoms with Gasteiger partial charge in [0.25, 0.3) is 6.42 Å². The zero-order chi connectivity index (χ0) is 17.9. The van der Waals surface area contributed by atoms with Crippen molar-refractivity contribution in [3.05, 3.63) is 50.6 Å². The van der Waals surface area contributed by atoms with Gasteiger partial charge in [0.05, 0.1) is 14.8 Å². The third-order valence-electron chi connectivity index (χ3n) is 2.47. The van der Waals surface area contributed by atoms with Gasteiger partial charge in [-0.3, -0.25) is 50.6 Å². The quantitative estimate of drug-likeness (QED) is 0.233. The van der Waals surface area contributed by atoms with Crippen molar-refractivity contribution in [3.8, 4) is 0 Å². The number of nitrogens with zero attached hydrogens (tertiary/aromatic N) is 5. The van der Waals surface area contributed by atoms with Gasteiger partial charge in [-0.1, -0.05) is 4.39 Å². The summed E-state index contributed by atoms with van der Waals surface area (Å²) in [5.41, 5.74) is -4.18. The van der Waals surface area contributed by atoms with Gasteiger partial charge in [0.2, 0.25) is 0 Å². The molecule has 0 aliphatic carbocycles. The lowest BCUT2D eigenvalue weighted by atomic mass is 10.00. The van der Waals surface area contributed by atoms with Gasteiger partial charge in [0.15, 0.2) is 6.42 Å². The monoisotopic (exact) mass is 333 g/mol. The van der Waals surface area contributed by atoms with Gasteiger partial charge in [0, 0.05) is 0 Å². The van der Waals surface area contributed by atoms with Crippen molar-refractivity contribution in [2.45, 2.75) is 30.7 Å². The minimum atomic E-state index is -4.91. The first-order valence-electron chi connectivity index (χ1n) is 4.85. The Hall–Kier alpha value is -3.14. The van der Waals surface area contributed by atoms with Gasteiger partial charge in [0.1, 0.15) is 9.85 Å². The summed E-state index contributed by atoms with van der Waals surface area (Å²) in [6.07, 6.45) is -8.36. The molecule has 0 saturated carbocycles. The van der Waals surface area contributed by atoms with E-state index in [9.17, 15) is 59.4 Å². The lowest BCUT2D eigenvalue weighted by Crippen LogP contribution is -2.57. The molecule has 0 aromatic carbocycles. The van der Waals surface area contributed by atoms with Crippen LogP contribution in [0.25, 0.3) is 0 Å². The van der Waals surface area contributed by atoms with Gasteiger partial charge in [-0.2, -0.15) is 4.39 Å². The maximum absolute atomic E-state index is 13.6. The second kappa shape index (κ2) is 6.10. The molecule has 0 rings (SSSR count). The van der Waals surface area contributed by atoms with Crippen LogP contribution in [0.15, 0.2) is 0 Å². The van der Waals surface area contributed by atoms with Crippen molar-refractivity contribution in [1.82, 2.24) is 0 Å². The van der Waals surface area contributed by atoms with Crippen molar-refractivity contribution in [3.63, 3.8) is 0 Å². The summed E-state index contributed by atoms with van der Waals surface area (Å²) in [6.45, 7) is 0. The molecule has 17 heteroatoms. The molecule has 0 amide bonds. The smallest absolute Gasteiger partial charge is 0.262 e. The van der Waals surface area contributed by atoms with Gasteiger partial charge in [-0.15, -0.1) is 0 Å². The Balaban J connectivity index is 6.04. The number of hydrogen-bond acceptors (Lipinski definition) is 10. The Kier molecular flexibility index (Phi) is 5.23. The Morgan fingerprint density at radius 1 is 0.818 bits per heavy atom. The highest BCUT2D eigenvalue weighted by molar-refractivity contribution is 4.74. The summed E-state index contributed by atoms with van der Waals surface area (Å²) < 4.78 is 26.6. The normalized spacial score (nSPS) is 13.2. The largest absolute Gasteiger partial charge is 0.628 e. The van der Waals surface area contributed by atoms with Gasteiger partial charge < -0.3 is 0 Å². The number of hydrogen-bond donors (Lipinski definition) is 0. The molecule has 0 radical (unpaired) electrons. The molecular formula is C5H5F2N5O10. The molecule has 0 aliphatic rings. The minimum absolute atomic E-state index is 1.85. The number of rotatable bonds is 9. The fraction of sp³-hybridized carbons (Fsp3) is 1.00. The van der Waals surface area contributed by atoms with E-state index in [2.05, 4.69) is 0 Å². The average molecular weight is 333 g/mol. The molecule has 0 heterocycles. The molecule has 0 saturated heterocycles. The van der Waals surface area contributed by atoms with E-state index in [1.807, 2.05) is 0 Å². The maximum atomic E-state index is 13.6. The molecule has 22 heavy (non-hydrogen) atoms. The Morgan fingerprint density at radius 2 is 1.18 bits per heavy atom. The predicted molar refractivity (Wildman–Crippen MR) is 55.7 cm³/mol. The van der Waals surface area contributed by atoms with E-state index >= 15 is 0 Å². The molecule has 0 aromatic heterocycles. The first-order chi connectivity index (χ1) is 9.81. The van der Waals surface area contributed by atoms with Crippen molar-refractivity contribution in [1.29, 1.82) is 0 Å². The van der Waals surface area contributed by atoms with Gasteiger partial charge >= 0.3 is 17.9 Å². The van der Waals surface area contributed by atoms with E-state index in [1.54, 1.807) is 0 Å². The van der Waals surface area contributed by atoms with Crippen LogP contribution in [0.4, 0.5) is 8.78 Å². The van der Waals surface area contributed by atoms with Crippen LogP contribution >= 0.6 is 0 Å². The SMILES string of the molecule is O=[N+]([O-])C(F)CC(CC(F)([N+](=O)[O-])[N+](=O)[O-])([N+](=O)[O-])[N+](=O)[O-]. The second-order valence-electron chi connectivity index (χ2n) is 3.83. The second-order valence-corrected chi connectivity index (χ2v) is 3.83. The fourth-order valence-electron chi connectivity index (χ4n) is 1.32. The standard InChI is InChI=1S/C5H5F2N5O10/c6-3(8(13)14)1-4(9(15)16,10(17)18)2-5(7,11(19)20)12(21)22/h3H,1-2H2. The molecule has 0 aromatic rings. The molecule has 1 atom stereocenters. The zero-order valence-electron chi connectivity index (χ0n) is 10.1. The lowest BCUT2D eigenvalue weighted by molar-refractivity contribution is -0.870. The van der Waals surface area contributed by atoms with Crippen LogP contribution in [0.1, 0.15) is 12.8 Å². The number of halogens is 2. The van der Waals surface area contributed by atoms with E-state index < -0.39 is 55.3 Å². The molecule has 0 N–H and O–H groups in total. The fourth-order valence-corrected chi connectivity index (χ4v) is 1.32. The van der Waals surface area contributed by atoms with Crippen LogP contribution in [0.3, 0.4) is 0 Å². The van der Waals surface area contributed by atoms with Crippen molar-refractivity contribution in [2.24, 2.45) is 0 Å². The predicted octanol–water partition coefficient (Wildman–Crippen LogP) is -0.235. The first kappa shape index (κ1) is 18.9. The third kappa shape index (κ3) is 3.30. The highest BCUT2D eigenvalue weighted by Gasteiger charge is 2.75. The maximum Gasteiger partial charge on any atom is 0.628 e. The van der Waals surface area contributed by atoms with E-state index in [0.717, 1.165) is 0 Å². The molecule has 15 nitrogen and oxygen atoms in total. The Morgan fingerprint density at radius 3 is 1.41 bits per heavy atom. The van der Waals surface area contributed by atoms with Crippen molar-refractivity contribution < 1.29 is 33.4 Å². The molecule has 0 bridgehead atoms. The van der Waals surface area contributed by atoms with E-state index in [0.29, 0.717) is 0 Å². The molecule has 124 valence electrons. The van der Waals surface area contributed by atoms with Crippen LogP contribution in [0.2, 0.25) is 0 Å². The summed E-state index contributed by atoms with van der Waals surface area (Å²) in [7, 11) is 0. The van der Waals surface area contributed by atoms with Crippen LogP contribution in [0.5, 0.6) is 0 Å². The van der Waals surface area contributed by atoms with Gasteiger partial charge in [-0.05, 0) is 0 Å². The first-order valence-corrected chi connectivity index (χ1v) is 4.85. The van der Waals surface area contributed by atoms with Crippen LogP contribution < -0.4 is 0 Å². The minimum Gasteiger partial charge on any atom is -0.262 e. The summed E-state index contributed by atoms with van der Waals surface area (Å²) >= 11 is 0. The number of alkyl halides is 2. The highest BCUT2D eigenvalue weighted by Crippen LogP contribution is 2.33. The van der Waals surface area contributed by atoms with Crippen molar-refractivity contribution >= 4 is 0 Å². The molecule has 0 fully saturated rings. The Bertz CT molecular complexity index is 510. The molecular weight excluding hydrogens is 328 g/mol. The molecule has 0 aliphatic heterocycles. The molecule has 0 spiro atoms. The van der Waals surface area contributed by atoms with Crippen molar-refractivity contribution in [2.75, 3.05) is 0 Å². The topological polar surface area (TPSA) is 216 Å². The zero-order valence-corrected chi connectivity index (χ0v) is 10.1. The molecule has 1 unspecified atom stereocenters. The number of nitro groups is 5. The third-order valence-corrected chi connectivity index (χ3v) is 2.47. The van der Waals surface area contributed by atoms with E-state index in [4.69, 9.17) is 0 Å². The van der Waals surface area contributed by atoms with E-state index in [-0.39, 0.29) is 0 Å². The summed E-state index contributed by atoms with van der Waals surface area (Å²) in [5, 5.41) is 52.1. The Labute approximate surface area is 116 Å². The van der Waals surface area contributed by atoms with Crippen LogP contribution in [-0.4, -0.2) is 42.5 Å². The lowest BCUT2D eigenvalue weighted by Gasteiger charge is -2.17. The summed E-state index contributed by atoms with van der Waals surface area (Å²) in [4.78, 5) is 41.6. The van der Waals surface area contributed by atoms with Crippen LogP contribution in [-0.2, 0) is 0 Å². The summed E-state index contributed by atoms with van der Waals surface area (Å²) in [5.74, 6) is -4.91. The summed E-state index contributed by atoms with van der Waals surface area (Å²) in [6, 6.07) is 0. The van der Waals surface area contributed by atoms with Gasteiger partial charge in [-0.25, -0.2) is 0 Å².